The number of hydrogen-bond acceptors (Lipinski definition) is 3. The van der Waals surface area contributed by atoms with Gasteiger partial charge in [0.1, 0.15) is 6.10 Å². The van der Waals surface area contributed by atoms with Gasteiger partial charge in [0, 0.05) is 11.6 Å². The Morgan fingerprint density at radius 3 is 2.74 bits per heavy atom. The van der Waals surface area contributed by atoms with Gasteiger partial charge in [-0.05, 0) is 35.7 Å². The van der Waals surface area contributed by atoms with Gasteiger partial charge in [-0.2, -0.15) is 5.10 Å². The Labute approximate surface area is 162 Å². The van der Waals surface area contributed by atoms with Crippen LogP contribution >= 0.6 is 11.6 Å². The van der Waals surface area contributed by atoms with Gasteiger partial charge in [0.25, 0.3) is 5.91 Å². The molecular weight excluding hydrogens is 362 g/mol. The minimum absolute atomic E-state index is 0.0938. The minimum atomic E-state index is -0.157. The van der Waals surface area contributed by atoms with Crippen molar-refractivity contribution in [3.8, 4) is 0 Å². The second-order valence-corrected chi connectivity index (χ2v) is 6.98. The average Bonchev–Trinajstić information content (AvgIpc) is 3.13. The van der Waals surface area contributed by atoms with Gasteiger partial charge in [-0.1, -0.05) is 54.1 Å². The van der Waals surface area contributed by atoms with Crippen LogP contribution in [0.15, 0.2) is 60.7 Å². The average molecular weight is 382 g/mol. The van der Waals surface area contributed by atoms with E-state index in [1.54, 1.807) is 6.07 Å². The monoisotopic (exact) mass is 381 g/mol. The van der Waals surface area contributed by atoms with Crippen molar-refractivity contribution in [3.63, 3.8) is 0 Å². The zero-order chi connectivity index (χ0) is 18.6. The first-order valence-electron chi connectivity index (χ1n) is 8.95. The van der Waals surface area contributed by atoms with E-state index >= 15 is 0 Å². The first-order valence-corrected chi connectivity index (χ1v) is 9.33. The molecule has 27 heavy (non-hydrogen) atoms. The third-order valence-corrected chi connectivity index (χ3v) is 4.90. The molecule has 0 spiro atoms. The van der Waals surface area contributed by atoms with E-state index < -0.39 is 0 Å². The van der Waals surface area contributed by atoms with Crippen LogP contribution < -0.4 is 5.32 Å². The Morgan fingerprint density at radius 1 is 1.19 bits per heavy atom. The molecule has 1 aromatic heterocycles. The molecule has 3 aromatic rings. The SMILES string of the molecule is O=C(NCCc1ccccc1)c1cc2n(n1)C[C@H](c1ccc(Cl)cc1)OC2. The summed E-state index contributed by atoms with van der Waals surface area (Å²) >= 11 is 5.95. The zero-order valence-electron chi connectivity index (χ0n) is 14.8. The van der Waals surface area contributed by atoms with Crippen LogP contribution in [0.25, 0.3) is 0 Å². The van der Waals surface area contributed by atoms with E-state index in [1.807, 2.05) is 47.1 Å². The third-order valence-electron chi connectivity index (χ3n) is 4.65. The summed E-state index contributed by atoms with van der Waals surface area (Å²) in [5, 5.41) is 8.10. The van der Waals surface area contributed by atoms with Crippen LogP contribution in [0.4, 0.5) is 0 Å². The summed E-state index contributed by atoms with van der Waals surface area (Å²) in [5.74, 6) is -0.157. The molecule has 0 bridgehead atoms. The van der Waals surface area contributed by atoms with E-state index in [0.717, 1.165) is 17.7 Å². The fraction of sp³-hybridized carbons (Fsp3) is 0.238. The van der Waals surface area contributed by atoms with Gasteiger partial charge in [-0.3, -0.25) is 9.48 Å². The van der Waals surface area contributed by atoms with Gasteiger partial charge in [0.05, 0.1) is 18.8 Å². The van der Waals surface area contributed by atoms with Crippen molar-refractivity contribution in [1.82, 2.24) is 15.1 Å². The molecule has 0 unspecified atom stereocenters. The fourth-order valence-corrected chi connectivity index (χ4v) is 3.30. The molecule has 1 aliphatic rings. The number of halogens is 1. The van der Waals surface area contributed by atoms with Crippen LogP contribution in [0.2, 0.25) is 5.02 Å². The van der Waals surface area contributed by atoms with Gasteiger partial charge in [-0.15, -0.1) is 0 Å². The number of ether oxygens (including phenoxy) is 1. The molecular formula is C21H20ClN3O2. The number of fused-ring (bicyclic) bond motifs is 1. The quantitative estimate of drug-likeness (QED) is 0.731. The van der Waals surface area contributed by atoms with Crippen molar-refractivity contribution in [2.75, 3.05) is 6.54 Å². The minimum Gasteiger partial charge on any atom is -0.365 e. The van der Waals surface area contributed by atoms with Crippen molar-refractivity contribution in [1.29, 1.82) is 0 Å². The number of amides is 1. The zero-order valence-corrected chi connectivity index (χ0v) is 15.5. The number of carbonyl (C=O) groups excluding carboxylic acids is 1. The van der Waals surface area contributed by atoms with E-state index in [1.165, 1.54) is 5.56 Å². The van der Waals surface area contributed by atoms with E-state index in [2.05, 4.69) is 22.5 Å². The summed E-state index contributed by atoms with van der Waals surface area (Å²) in [7, 11) is 0. The number of hydrogen-bond donors (Lipinski definition) is 1. The van der Waals surface area contributed by atoms with E-state index in [-0.39, 0.29) is 12.0 Å². The van der Waals surface area contributed by atoms with E-state index in [9.17, 15) is 4.79 Å². The predicted octanol–water partition coefficient (Wildman–Crippen LogP) is 3.78. The molecule has 2 heterocycles. The first kappa shape index (κ1) is 17.8. The standard InChI is InChI=1S/C21H20ClN3O2/c22-17-8-6-16(7-9-17)20-13-25-18(14-27-20)12-19(24-25)21(26)23-11-10-15-4-2-1-3-5-15/h1-9,12,20H,10-11,13-14H2,(H,23,26)/t20-/m1/s1. The smallest absolute Gasteiger partial charge is 0.271 e. The van der Waals surface area contributed by atoms with Crippen molar-refractivity contribution >= 4 is 17.5 Å². The van der Waals surface area contributed by atoms with Gasteiger partial charge < -0.3 is 10.1 Å². The van der Waals surface area contributed by atoms with Crippen molar-refractivity contribution in [2.45, 2.75) is 25.7 Å². The van der Waals surface area contributed by atoms with Crippen LogP contribution in [-0.2, 0) is 24.3 Å². The first-order chi connectivity index (χ1) is 13.2. The maximum atomic E-state index is 12.4. The number of benzene rings is 2. The molecule has 5 nitrogen and oxygen atoms in total. The normalized spacial score (nSPS) is 16.0. The summed E-state index contributed by atoms with van der Waals surface area (Å²) in [5.41, 5.74) is 3.59. The molecule has 6 heteroatoms. The van der Waals surface area contributed by atoms with Crippen LogP contribution in [0.3, 0.4) is 0 Å². The Morgan fingerprint density at radius 2 is 1.96 bits per heavy atom. The Hall–Kier alpha value is -2.63. The number of aromatic nitrogens is 2. The molecule has 4 rings (SSSR count). The lowest BCUT2D eigenvalue weighted by Gasteiger charge is -2.24. The van der Waals surface area contributed by atoms with Gasteiger partial charge >= 0.3 is 0 Å². The summed E-state index contributed by atoms with van der Waals surface area (Å²) in [6.45, 7) is 1.58. The highest BCUT2D eigenvalue weighted by Gasteiger charge is 2.24. The van der Waals surface area contributed by atoms with Gasteiger partial charge in [0.2, 0.25) is 0 Å². The highest BCUT2D eigenvalue weighted by atomic mass is 35.5. The molecule has 1 N–H and O–H groups in total. The lowest BCUT2D eigenvalue weighted by atomic mass is 10.1. The highest BCUT2D eigenvalue weighted by molar-refractivity contribution is 6.30. The largest absolute Gasteiger partial charge is 0.365 e. The molecule has 0 radical (unpaired) electrons. The maximum absolute atomic E-state index is 12.4. The van der Waals surface area contributed by atoms with Gasteiger partial charge in [-0.25, -0.2) is 0 Å². The van der Waals surface area contributed by atoms with Crippen molar-refractivity contribution < 1.29 is 9.53 Å². The van der Waals surface area contributed by atoms with E-state index in [4.69, 9.17) is 16.3 Å². The Kier molecular flexibility index (Phi) is 5.23. The molecule has 1 aliphatic heterocycles. The lowest BCUT2D eigenvalue weighted by molar-refractivity contribution is -0.00119. The second-order valence-electron chi connectivity index (χ2n) is 6.55. The lowest BCUT2D eigenvalue weighted by Crippen LogP contribution is -2.26. The van der Waals surface area contributed by atoms with Crippen LogP contribution in [0.1, 0.15) is 33.4 Å². The van der Waals surface area contributed by atoms with Crippen LogP contribution in [-0.4, -0.2) is 22.2 Å². The predicted molar refractivity (Wildman–Crippen MR) is 104 cm³/mol. The number of rotatable bonds is 5. The molecule has 2 aromatic carbocycles. The summed E-state index contributed by atoms with van der Waals surface area (Å²) in [6.07, 6.45) is 0.700. The highest BCUT2D eigenvalue weighted by Crippen LogP contribution is 2.27. The maximum Gasteiger partial charge on any atom is 0.271 e. The van der Waals surface area contributed by atoms with Crippen LogP contribution in [0.5, 0.6) is 0 Å². The topological polar surface area (TPSA) is 56.2 Å². The van der Waals surface area contributed by atoms with Crippen molar-refractivity contribution in [3.05, 3.63) is 88.2 Å². The summed E-state index contributed by atoms with van der Waals surface area (Å²) in [6, 6.07) is 19.5. The molecule has 0 fully saturated rings. The Bertz CT molecular complexity index is 922. The summed E-state index contributed by atoms with van der Waals surface area (Å²) in [4.78, 5) is 12.4. The van der Waals surface area contributed by atoms with Gasteiger partial charge in [0.15, 0.2) is 5.69 Å². The molecule has 0 saturated carbocycles. The number of carbonyl (C=O) groups is 1. The second kappa shape index (κ2) is 7.94. The molecule has 138 valence electrons. The van der Waals surface area contributed by atoms with Crippen LogP contribution in [0, 0.1) is 0 Å². The molecule has 1 amide bonds. The fourth-order valence-electron chi connectivity index (χ4n) is 3.17. The van der Waals surface area contributed by atoms with Crippen molar-refractivity contribution in [2.24, 2.45) is 0 Å². The Balaban J connectivity index is 1.37. The van der Waals surface area contributed by atoms with E-state index in [0.29, 0.717) is 30.4 Å². The molecule has 0 saturated heterocycles. The third kappa shape index (κ3) is 4.21. The molecule has 0 aliphatic carbocycles. The number of nitrogens with one attached hydrogen (secondary N) is 1. The molecule has 1 atom stereocenters. The number of nitrogens with zero attached hydrogens (tertiary/aromatic N) is 2. The summed E-state index contributed by atoms with van der Waals surface area (Å²) < 4.78 is 7.78.